The molecule has 0 spiro atoms. The van der Waals surface area contributed by atoms with E-state index < -0.39 is 5.91 Å². The van der Waals surface area contributed by atoms with E-state index in [0.29, 0.717) is 11.3 Å². The molecule has 3 rings (SSSR count). The van der Waals surface area contributed by atoms with E-state index in [9.17, 15) is 4.79 Å². The SMILES string of the molecule is NC(=O)c1cc(N)ccc1N1CCN(C2CCCC2)CC1. The van der Waals surface area contributed by atoms with Gasteiger partial charge in [-0.2, -0.15) is 0 Å². The highest BCUT2D eigenvalue weighted by Gasteiger charge is 2.27. The lowest BCUT2D eigenvalue weighted by Gasteiger charge is -2.39. The molecule has 5 heteroatoms. The molecule has 4 N–H and O–H groups in total. The first kappa shape index (κ1) is 14.2. The number of rotatable bonds is 3. The highest BCUT2D eigenvalue weighted by atomic mass is 16.1. The summed E-state index contributed by atoms with van der Waals surface area (Å²) in [5.41, 5.74) is 13.3. The van der Waals surface area contributed by atoms with Crippen molar-refractivity contribution >= 4 is 17.3 Å². The summed E-state index contributed by atoms with van der Waals surface area (Å²) in [6.45, 7) is 4.02. The smallest absolute Gasteiger partial charge is 0.250 e. The zero-order valence-corrected chi connectivity index (χ0v) is 12.4. The van der Waals surface area contributed by atoms with E-state index in [1.54, 1.807) is 6.07 Å². The van der Waals surface area contributed by atoms with Crippen molar-refractivity contribution in [1.82, 2.24) is 4.90 Å². The van der Waals surface area contributed by atoms with Crippen LogP contribution in [0.1, 0.15) is 36.0 Å². The van der Waals surface area contributed by atoms with Gasteiger partial charge in [-0.3, -0.25) is 9.69 Å². The maximum Gasteiger partial charge on any atom is 0.250 e. The monoisotopic (exact) mass is 288 g/mol. The lowest BCUT2D eigenvalue weighted by molar-refractivity contribution is 0.100. The minimum Gasteiger partial charge on any atom is -0.399 e. The van der Waals surface area contributed by atoms with Crippen molar-refractivity contribution in [2.45, 2.75) is 31.7 Å². The van der Waals surface area contributed by atoms with Gasteiger partial charge in [0, 0.05) is 43.6 Å². The second-order valence-corrected chi connectivity index (χ2v) is 6.10. The number of amides is 1. The van der Waals surface area contributed by atoms with E-state index in [1.165, 1.54) is 25.7 Å². The van der Waals surface area contributed by atoms with Gasteiger partial charge in [0.25, 0.3) is 5.91 Å². The van der Waals surface area contributed by atoms with Crippen molar-refractivity contribution in [3.8, 4) is 0 Å². The van der Waals surface area contributed by atoms with Crippen molar-refractivity contribution in [1.29, 1.82) is 0 Å². The fourth-order valence-electron chi connectivity index (χ4n) is 3.62. The molecule has 1 heterocycles. The number of nitrogen functional groups attached to an aromatic ring is 1. The molecular formula is C16H24N4O. The Morgan fingerprint density at radius 2 is 1.76 bits per heavy atom. The van der Waals surface area contributed by atoms with E-state index in [4.69, 9.17) is 11.5 Å². The number of carbonyl (C=O) groups is 1. The maximum absolute atomic E-state index is 11.6. The van der Waals surface area contributed by atoms with Crippen molar-refractivity contribution in [3.63, 3.8) is 0 Å². The number of nitrogens with zero attached hydrogens (tertiary/aromatic N) is 2. The number of benzene rings is 1. The van der Waals surface area contributed by atoms with Crippen LogP contribution in [0.5, 0.6) is 0 Å². The van der Waals surface area contributed by atoms with E-state index in [0.717, 1.165) is 37.9 Å². The predicted octanol–water partition coefficient (Wildman–Crippen LogP) is 1.43. The van der Waals surface area contributed by atoms with Crippen LogP contribution >= 0.6 is 0 Å². The van der Waals surface area contributed by atoms with Crippen LogP contribution < -0.4 is 16.4 Å². The molecule has 1 aliphatic carbocycles. The van der Waals surface area contributed by atoms with Gasteiger partial charge in [0.05, 0.1) is 5.56 Å². The first-order valence-corrected chi connectivity index (χ1v) is 7.83. The Balaban J connectivity index is 1.70. The molecular weight excluding hydrogens is 264 g/mol. The molecule has 114 valence electrons. The molecule has 1 amide bonds. The first-order valence-electron chi connectivity index (χ1n) is 7.83. The van der Waals surface area contributed by atoms with Gasteiger partial charge in [-0.1, -0.05) is 12.8 Å². The Kier molecular flexibility index (Phi) is 4.01. The van der Waals surface area contributed by atoms with Crippen molar-refractivity contribution in [2.75, 3.05) is 36.8 Å². The molecule has 5 nitrogen and oxygen atoms in total. The third-order valence-electron chi connectivity index (χ3n) is 4.78. The van der Waals surface area contributed by atoms with E-state index >= 15 is 0 Å². The number of carbonyl (C=O) groups excluding carboxylic acids is 1. The lowest BCUT2D eigenvalue weighted by Crippen LogP contribution is -2.50. The van der Waals surface area contributed by atoms with Gasteiger partial charge >= 0.3 is 0 Å². The molecule has 2 fully saturated rings. The molecule has 0 unspecified atom stereocenters. The Morgan fingerprint density at radius 3 is 2.38 bits per heavy atom. The molecule has 1 aliphatic heterocycles. The number of nitrogens with two attached hydrogens (primary N) is 2. The first-order chi connectivity index (χ1) is 10.1. The summed E-state index contributed by atoms with van der Waals surface area (Å²) in [6.07, 6.45) is 5.42. The number of piperazine rings is 1. The molecule has 1 aromatic carbocycles. The Hall–Kier alpha value is -1.75. The Labute approximate surface area is 125 Å². The summed E-state index contributed by atoms with van der Waals surface area (Å²) >= 11 is 0. The van der Waals surface area contributed by atoms with Gasteiger partial charge in [-0.15, -0.1) is 0 Å². The van der Waals surface area contributed by atoms with Gasteiger partial charge < -0.3 is 16.4 Å². The Bertz CT molecular complexity index is 517. The van der Waals surface area contributed by atoms with E-state index in [2.05, 4.69) is 9.80 Å². The van der Waals surface area contributed by atoms with Gasteiger partial charge in [0.15, 0.2) is 0 Å². The van der Waals surface area contributed by atoms with Crippen LogP contribution in [0, 0.1) is 0 Å². The summed E-state index contributed by atoms with van der Waals surface area (Å²) < 4.78 is 0. The van der Waals surface area contributed by atoms with Gasteiger partial charge in [0.2, 0.25) is 0 Å². The molecule has 0 atom stereocenters. The zero-order valence-electron chi connectivity index (χ0n) is 12.4. The van der Waals surface area contributed by atoms with Crippen LogP contribution in [0.25, 0.3) is 0 Å². The third kappa shape index (κ3) is 2.97. The number of primary amides is 1. The molecule has 1 aromatic rings. The second kappa shape index (κ2) is 5.93. The summed E-state index contributed by atoms with van der Waals surface area (Å²) in [7, 11) is 0. The average Bonchev–Trinajstić information content (AvgIpc) is 3.01. The van der Waals surface area contributed by atoms with Crippen LogP contribution in [-0.2, 0) is 0 Å². The summed E-state index contributed by atoms with van der Waals surface area (Å²) in [6, 6.07) is 6.21. The fourth-order valence-corrected chi connectivity index (χ4v) is 3.62. The largest absolute Gasteiger partial charge is 0.399 e. The quantitative estimate of drug-likeness (QED) is 0.825. The highest BCUT2D eigenvalue weighted by Crippen LogP contribution is 2.27. The predicted molar refractivity (Wildman–Crippen MR) is 85.4 cm³/mol. The minimum atomic E-state index is -0.407. The average molecular weight is 288 g/mol. The van der Waals surface area contributed by atoms with E-state index in [1.807, 2.05) is 12.1 Å². The van der Waals surface area contributed by atoms with Crippen molar-refractivity contribution in [2.24, 2.45) is 5.73 Å². The molecule has 1 saturated carbocycles. The topological polar surface area (TPSA) is 75.6 Å². The third-order valence-corrected chi connectivity index (χ3v) is 4.78. The van der Waals surface area contributed by atoms with E-state index in [-0.39, 0.29) is 0 Å². The molecule has 0 radical (unpaired) electrons. The van der Waals surface area contributed by atoms with Gasteiger partial charge in [-0.25, -0.2) is 0 Å². The Morgan fingerprint density at radius 1 is 1.10 bits per heavy atom. The van der Waals surface area contributed by atoms with Crippen LogP contribution in [0.2, 0.25) is 0 Å². The standard InChI is InChI=1S/C16H24N4O/c17-12-5-6-15(14(11-12)16(18)21)20-9-7-19(8-10-20)13-3-1-2-4-13/h5-6,11,13H,1-4,7-10,17H2,(H2,18,21). The molecule has 1 saturated heterocycles. The maximum atomic E-state index is 11.6. The second-order valence-electron chi connectivity index (χ2n) is 6.10. The normalized spacial score (nSPS) is 20.9. The van der Waals surface area contributed by atoms with Gasteiger partial charge in [-0.05, 0) is 31.0 Å². The highest BCUT2D eigenvalue weighted by molar-refractivity contribution is 5.99. The van der Waals surface area contributed by atoms with Gasteiger partial charge in [0.1, 0.15) is 0 Å². The fraction of sp³-hybridized carbons (Fsp3) is 0.562. The molecule has 21 heavy (non-hydrogen) atoms. The molecule has 0 bridgehead atoms. The summed E-state index contributed by atoms with van der Waals surface area (Å²) in [5.74, 6) is -0.407. The number of anilines is 2. The minimum absolute atomic E-state index is 0.407. The van der Waals surface area contributed by atoms with Crippen LogP contribution in [-0.4, -0.2) is 43.0 Å². The van der Waals surface area contributed by atoms with Crippen molar-refractivity contribution in [3.05, 3.63) is 23.8 Å². The van der Waals surface area contributed by atoms with Crippen LogP contribution in [0.15, 0.2) is 18.2 Å². The molecule has 2 aliphatic rings. The van der Waals surface area contributed by atoms with Crippen LogP contribution in [0.3, 0.4) is 0 Å². The summed E-state index contributed by atoms with van der Waals surface area (Å²) in [5, 5.41) is 0. The summed E-state index contributed by atoms with van der Waals surface area (Å²) in [4.78, 5) is 16.5. The number of hydrogen-bond donors (Lipinski definition) is 2. The zero-order chi connectivity index (χ0) is 14.8. The molecule has 0 aromatic heterocycles. The lowest BCUT2D eigenvalue weighted by atomic mass is 10.1. The number of hydrogen-bond acceptors (Lipinski definition) is 4. The van der Waals surface area contributed by atoms with Crippen LogP contribution in [0.4, 0.5) is 11.4 Å². The van der Waals surface area contributed by atoms with Crippen molar-refractivity contribution < 1.29 is 4.79 Å².